The molecule has 1 aliphatic rings. The number of carbonyl (C=O) groups excluding carboxylic acids is 1. The molecule has 0 aliphatic carbocycles. The van der Waals surface area contributed by atoms with Crippen LogP contribution in [0, 0.1) is 5.21 Å². The van der Waals surface area contributed by atoms with Crippen LogP contribution in [0.25, 0.3) is 0 Å². The number of benzene rings is 1. The number of hydrogen-bond acceptors (Lipinski definition) is 4. The van der Waals surface area contributed by atoms with Crippen molar-refractivity contribution < 1.29 is 9.53 Å². The van der Waals surface area contributed by atoms with Gasteiger partial charge in [0.05, 0.1) is 12.2 Å². The van der Waals surface area contributed by atoms with Crippen molar-refractivity contribution in [3.05, 3.63) is 69.6 Å². The third-order valence-corrected chi connectivity index (χ3v) is 4.12. The van der Waals surface area contributed by atoms with Crippen LogP contribution in [0.4, 0.5) is 11.5 Å². The lowest BCUT2D eigenvalue weighted by Gasteiger charge is -2.40. The van der Waals surface area contributed by atoms with Crippen molar-refractivity contribution in [1.29, 1.82) is 0 Å². The fourth-order valence-corrected chi connectivity index (χ4v) is 3.01. The number of carbonyl (C=O) groups is 1. The molecule has 1 unspecified atom stereocenters. The van der Waals surface area contributed by atoms with Crippen LogP contribution >= 0.6 is 15.9 Å². The Morgan fingerprint density at radius 2 is 2.22 bits per heavy atom. The molecule has 1 aromatic carbocycles. The van der Waals surface area contributed by atoms with Crippen molar-refractivity contribution in [2.75, 3.05) is 6.61 Å². The number of fused-ring (bicyclic) bond motifs is 1. The maximum absolute atomic E-state index is 13.6. The first kappa shape index (κ1) is 15.9. The van der Waals surface area contributed by atoms with Gasteiger partial charge in [-0.05, 0) is 25.1 Å². The number of nitrogens with zero attached hydrogens (tertiary/aromatic N) is 2. The molecule has 0 saturated heterocycles. The second kappa shape index (κ2) is 6.23. The minimum absolute atomic E-state index is 0.270. The molecule has 0 radical (unpaired) electrons. The predicted octanol–water partition coefficient (Wildman–Crippen LogP) is 3.98. The van der Waals surface area contributed by atoms with Gasteiger partial charge >= 0.3 is 5.97 Å². The van der Waals surface area contributed by atoms with Crippen LogP contribution in [-0.4, -0.2) is 17.6 Å². The standard InChI is InChI=1S/C17H15BrN2O3/c1-2-23-17(21)13-9-12-5-4-8-19-16(12)20(22,11-13)15-7-3-6-14(18)10-15/h3-8,10-11H,2,9H2,1H3. The van der Waals surface area contributed by atoms with E-state index in [1.807, 2.05) is 12.1 Å². The van der Waals surface area contributed by atoms with E-state index in [-0.39, 0.29) is 6.61 Å². The monoisotopic (exact) mass is 374 g/mol. The number of hydrogen-bond donors (Lipinski definition) is 0. The molecular weight excluding hydrogens is 360 g/mol. The van der Waals surface area contributed by atoms with Crippen molar-refractivity contribution in [2.45, 2.75) is 13.3 Å². The minimum Gasteiger partial charge on any atom is -0.616 e. The first-order valence-electron chi connectivity index (χ1n) is 7.24. The lowest BCUT2D eigenvalue weighted by Crippen LogP contribution is -2.37. The normalized spacial score (nSPS) is 19.7. The summed E-state index contributed by atoms with van der Waals surface area (Å²) in [4.78, 5) is 16.4. The van der Waals surface area contributed by atoms with E-state index >= 15 is 0 Å². The van der Waals surface area contributed by atoms with Crippen molar-refractivity contribution in [2.24, 2.45) is 0 Å². The summed E-state index contributed by atoms with van der Waals surface area (Å²) < 4.78 is 4.94. The largest absolute Gasteiger partial charge is 0.616 e. The summed E-state index contributed by atoms with van der Waals surface area (Å²) in [5.74, 6) is -0.0889. The first-order chi connectivity index (χ1) is 11.0. The molecule has 23 heavy (non-hydrogen) atoms. The lowest BCUT2D eigenvalue weighted by molar-refractivity contribution is -0.138. The molecule has 0 amide bonds. The highest BCUT2D eigenvalue weighted by atomic mass is 79.9. The zero-order valence-electron chi connectivity index (χ0n) is 12.5. The van der Waals surface area contributed by atoms with Gasteiger partial charge in [0.15, 0.2) is 0 Å². The molecule has 3 rings (SSSR count). The Labute approximate surface area is 142 Å². The summed E-state index contributed by atoms with van der Waals surface area (Å²) in [7, 11) is 0. The molecule has 5 nitrogen and oxygen atoms in total. The van der Waals surface area contributed by atoms with Crippen LogP contribution in [-0.2, 0) is 16.0 Å². The lowest BCUT2D eigenvalue weighted by atomic mass is 10.0. The quantitative estimate of drug-likeness (QED) is 0.463. The Balaban J connectivity index is 2.17. The number of quaternary nitrogens is 1. The number of halogens is 1. The number of hydroxylamine groups is 1. The number of aromatic nitrogens is 1. The summed E-state index contributed by atoms with van der Waals surface area (Å²) >= 11 is 3.38. The van der Waals surface area contributed by atoms with Gasteiger partial charge in [-0.15, -0.1) is 0 Å². The Kier molecular flexibility index (Phi) is 4.30. The zero-order valence-corrected chi connectivity index (χ0v) is 14.1. The molecule has 1 aromatic heterocycles. The molecule has 0 spiro atoms. The Morgan fingerprint density at radius 1 is 1.39 bits per heavy atom. The number of esters is 1. The van der Waals surface area contributed by atoms with E-state index in [4.69, 9.17) is 4.74 Å². The van der Waals surface area contributed by atoms with Gasteiger partial charge in [-0.25, -0.2) is 9.78 Å². The van der Waals surface area contributed by atoms with Gasteiger partial charge in [0.1, 0.15) is 11.9 Å². The van der Waals surface area contributed by atoms with E-state index < -0.39 is 10.6 Å². The Hall–Kier alpha value is -2.02. The molecule has 118 valence electrons. The van der Waals surface area contributed by atoms with E-state index in [9.17, 15) is 10.0 Å². The second-order valence-corrected chi connectivity index (χ2v) is 6.09. The fourth-order valence-electron chi connectivity index (χ4n) is 2.63. The van der Waals surface area contributed by atoms with Crippen LogP contribution in [0.5, 0.6) is 0 Å². The molecule has 2 aromatic rings. The molecule has 6 heteroatoms. The average molecular weight is 375 g/mol. The molecule has 1 atom stereocenters. The van der Waals surface area contributed by atoms with E-state index in [1.54, 1.807) is 37.4 Å². The topological polar surface area (TPSA) is 62.2 Å². The highest BCUT2D eigenvalue weighted by Gasteiger charge is 2.34. The van der Waals surface area contributed by atoms with Crippen LogP contribution in [0.1, 0.15) is 12.5 Å². The number of ether oxygens (including phenoxy) is 1. The third-order valence-electron chi connectivity index (χ3n) is 3.63. The van der Waals surface area contributed by atoms with Gasteiger partial charge in [0.25, 0.3) is 0 Å². The maximum Gasteiger partial charge on any atom is 0.339 e. The van der Waals surface area contributed by atoms with Gasteiger partial charge in [0.2, 0.25) is 5.82 Å². The van der Waals surface area contributed by atoms with Crippen molar-refractivity contribution >= 4 is 33.4 Å². The van der Waals surface area contributed by atoms with Gasteiger partial charge in [0, 0.05) is 34.8 Å². The Bertz CT molecular complexity index is 791. The van der Waals surface area contributed by atoms with Gasteiger partial charge < -0.3 is 9.94 Å². The molecule has 0 bridgehead atoms. The SMILES string of the molecule is CCOC(=O)C1=C[N+]([O-])(c2cccc(Br)c2)c2ncccc2C1. The van der Waals surface area contributed by atoms with Gasteiger partial charge in [-0.1, -0.05) is 22.0 Å². The predicted molar refractivity (Wildman–Crippen MR) is 91.6 cm³/mol. The van der Waals surface area contributed by atoms with E-state index in [2.05, 4.69) is 20.9 Å². The summed E-state index contributed by atoms with van der Waals surface area (Å²) in [6.45, 7) is 2.01. The zero-order chi connectivity index (χ0) is 16.4. The van der Waals surface area contributed by atoms with Crippen LogP contribution in [0.15, 0.2) is 58.8 Å². The van der Waals surface area contributed by atoms with E-state index in [0.717, 1.165) is 10.0 Å². The van der Waals surface area contributed by atoms with Gasteiger partial charge in [-0.2, -0.15) is 0 Å². The van der Waals surface area contributed by atoms with Crippen molar-refractivity contribution in [3.63, 3.8) is 0 Å². The smallest absolute Gasteiger partial charge is 0.339 e. The van der Waals surface area contributed by atoms with Crippen molar-refractivity contribution in [1.82, 2.24) is 9.63 Å². The summed E-state index contributed by atoms with van der Waals surface area (Å²) in [5, 5.41) is 13.6. The summed E-state index contributed by atoms with van der Waals surface area (Å²) in [6, 6.07) is 10.7. The Morgan fingerprint density at radius 3 is 2.96 bits per heavy atom. The van der Waals surface area contributed by atoms with Crippen LogP contribution < -0.4 is 4.65 Å². The molecule has 0 fully saturated rings. The fraction of sp³-hybridized carbons (Fsp3) is 0.176. The molecule has 0 saturated carbocycles. The highest BCUT2D eigenvalue weighted by Crippen LogP contribution is 2.40. The minimum atomic E-state index is -0.913. The van der Waals surface area contributed by atoms with Crippen molar-refractivity contribution in [3.8, 4) is 0 Å². The number of pyridine rings is 1. The second-order valence-electron chi connectivity index (χ2n) is 5.18. The highest BCUT2D eigenvalue weighted by molar-refractivity contribution is 9.10. The molecular formula is C17H15BrN2O3. The number of rotatable bonds is 3. The van der Waals surface area contributed by atoms with Crippen LogP contribution in [0.2, 0.25) is 0 Å². The molecule has 0 N–H and O–H groups in total. The first-order valence-corrected chi connectivity index (χ1v) is 8.03. The summed E-state index contributed by atoms with van der Waals surface area (Å²) in [5.41, 5.74) is 1.55. The molecule has 1 aliphatic heterocycles. The van der Waals surface area contributed by atoms with Gasteiger partial charge in [-0.3, -0.25) is 4.65 Å². The van der Waals surface area contributed by atoms with Crippen LogP contribution in [0.3, 0.4) is 0 Å². The third kappa shape index (κ3) is 2.93. The summed E-state index contributed by atoms with van der Waals surface area (Å²) in [6.07, 6.45) is 3.32. The maximum atomic E-state index is 13.6. The average Bonchev–Trinajstić information content (AvgIpc) is 2.55. The van der Waals surface area contributed by atoms with E-state index in [0.29, 0.717) is 23.5 Å². The van der Waals surface area contributed by atoms with E-state index in [1.165, 1.54) is 6.20 Å². The molecule has 2 heterocycles.